The van der Waals surface area contributed by atoms with E-state index in [-0.39, 0.29) is 19.1 Å². The quantitative estimate of drug-likeness (QED) is 0.781. The topological polar surface area (TPSA) is 78.9 Å². The first-order valence-corrected chi connectivity index (χ1v) is 8.47. The molecule has 2 aromatic rings. The highest BCUT2D eigenvalue weighted by molar-refractivity contribution is 6.06. The van der Waals surface area contributed by atoms with Crippen LogP contribution in [0.3, 0.4) is 0 Å². The number of carbonyl (C=O) groups is 2. The minimum atomic E-state index is -0.965. The molecule has 6 heteroatoms. The van der Waals surface area contributed by atoms with Crippen molar-refractivity contribution in [1.82, 2.24) is 10.2 Å². The molecule has 1 atom stereocenters. The van der Waals surface area contributed by atoms with E-state index >= 15 is 0 Å². The van der Waals surface area contributed by atoms with Gasteiger partial charge in [0.05, 0.1) is 6.54 Å². The first kappa shape index (κ1) is 17.9. The second kappa shape index (κ2) is 7.17. The number of carbonyl (C=O) groups excluding carboxylic acids is 2. The smallest absolute Gasteiger partial charge is 0.325 e. The molecule has 6 nitrogen and oxygen atoms in total. The van der Waals surface area contributed by atoms with E-state index in [1.165, 1.54) is 0 Å². The molecule has 1 aliphatic heterocycles. The van der Waals surface area contributed by atoms with E-state index in [9.17, 15) is 14.7 Å². The summed E-state index contributed by atoms with van der Waals surface area (Å²) in [4.78, 5) is 25.0. The highest BCUT2D eigenvalue weighted by Gasteiger charge is 2.44. The summed E-state index contributed by atoms with van der Waals surface area (Å²) in [6.07, 6.45) is -0.965. The second-order valence-electron chi connectivity index (χ2n) is 6.83. The van der Waals surface area contributed by atoms with Crippen molar-refractivity contribution in [3.63, 3.8) is 0 Å². The molecule has 136 valence electrons. The molecule has 0 bridgehead atoms. The van der Waals surface area contributed by atoms with Gasteiger partial charge in [-0.3, -0.25) is 9.69 Å². The number of aliphatic hydroxyl groups excluding tert-OH is 1. The molecule has 0 saturated carbocycles. The third-order valence-corrected chi connectivity index (χ3v) is 4.24. The Balaban J connectivity index is 1.54. The fourth-order valence-electron chi connectivity index (χ4n) is 2.81. The maximum absolute atomic E-state index is 12.1. The number of rotatable bonds is 6. The molecule has 0 aromatic heterocycles. The molecule has 3 rings (SSSR count). The summed E-state index contributed by atoms with van der Waals surface area (Å²) in [6, 6.07) is 17.0. The lowest BCUT2D eigenvalue weighted by molar-refractivity contribution is -0.131. The van der Waals surface area contributed by atoms with Gasteiger partial charge in [0, 0.05) is 0 Å². The molecule has 1 aliphatic rings. The largest absolute Gasteiger partial charge is 0.491 e. The average molecular weight is 354 g/mol. The van der Waals surface area contributed by atoms with Gasteiger partial charge in [0.15, 0.2) is 0 Å². The molecular formula is C20H22N2O4. The van der Waals surface area contributed by atoms with Gasteiger partial charge in [-0.05, 0) is 37.1 Å². The summed E-state index contributed by atoms with van der Waals surface area (Å²) in [7, 11) is 0. The normalized spacial score (nSPS) is 17.1. The third-order valence-electron chi connectivity index (χ3n) is 4.24. The van der Waals surface area contributed by atoms with Gasteiger partial charge < -0.3 is 15.2 Å². The van der Waals surface area contributed by atoms with Gasteiger partial charge in [-0.2, -0.15) is 0 Å². The first-order chi connectivity index (χ1) is 12.4. The van der Waals surface area contributed by atoms with Gasteiger partial charge >= 0.3 is 6.03 Å². The lowest BCUT2D eigenvalue weighted by Gasteiger charge is -2.19. The van der Waals surface area contributed by atoms with Crippen molar-refractivity contribution in [1.29, 1.82) is 0 Å². The van der Waals surface area contributed by atoms with Crippen LogP contribution in [0.2, 0.25) is 0 Å². The van der Waals surface area contributed by atoms with E-state index in [4.69, 9.17) is 4.74 Å². The van der Waals surface area contributed by atoms with Crippen molar-refractivity contribution in [3.05, 3.63) is 54.6 Å². The fraction of sp³-hybridized carbons (Fsp3) is 0.300. The van der Waals surface area contributed by atoms with Crippen LogP contribution < -0.4 is 10.1 Å². The van der Waals surface area contributed by atoms with Crippen LogP contribution >= 0.6 is 0 Å². The Morgan fingerprint density at radius 3 is 2.23 bits per heavy atom. The number of nitrogens with zero attached hydrogens (tertiary/aromatic N) is 1. The van der Waals surface area contributed by atoms with Crippen molar-refractivity contribution in [2.24, 2.45) is 0 Å². The molecule has 2 aromatic carbocycles. The second-order valence-corrected chi connectivity index (χ2v) is 6.83. The number of β-amino-alcohol motifs (C(OH)–C–C–N with tert-alkyl or cyclic N) is 1. The number of hydrogen-bond acceptors (Lipinski definition) is 4. The van der Waals surface area contributed by atoms with Gasteiger partial charge in [0.2, 0.25) is 0 Å². The van der Waals surface area contributed by atoms with Crippen LogP contribution in [0.25, 0.3) is 11.1 Å². The monoisotopic (exact) mass is 354 g/mol. The van der Waals surface area contributed by atoms with Gasteiger partial charge in [0.1, 0.15) is 24.0 Å². The van der Waals surface area contributed by atoms with Crippen LogP contribution in [0.15, 0.2) is 54.6 Å². The number of urea groups is 1. The van der Waals surface area contributed by atoms with E-state index in [0.717, 1.165) is 16.0 Å². The van der Waals surface area contributed by atoms with Gasteiger partial charge in [-0.15, -0.1) is 0 Å². The molecule has 3 amide bonds. The average Bonchev–Trinajstić information content (AvgIpc) is 2.83. The maximum Gasteiger partial charge on any atom is 0.325 e. The van der Waals surface area contributed by atoms with Crippen LogP contribution in [0, 0.1) is 0 Å². The van der Waals surface area contributed by atoms with Crippen LogP contribution in [-0.2, 0) is 4.79 Å². The summed E-state index contributed by atoms with van der Waals surface area (Å²) in [5, 5.41) is 12.7. The van der Waals surface area contributed by atoms with E-state index in [1.54, 1.807) is 13.8 Å². The van der Waals surface area contributed by atoms with Crippen LogP contribution in [0.1, 0.15) is 13.8 Å². The van der Waals surface area contributed by atoms with E-state index < -0.39 is 17.7 Å². The Hall–Kier alpha value is -2.86. The Kier molecular flexibility index (Phi) is 4.95. The zero-order chi connectivity index (χ0) is 18.7. The SMILES string of the molecule is CC1(C)NC(=O)N(C[C@@H](O)COc2ccc(-c3ccccc3)cc2)C1=O. The zero-order valence-corrected chi connectivity index (χ0v) is 14.8. The molecule has 1 saturated heterocycles. The summed E-state index contributed by atoms with van der Waals surface area (Å²) >= 11 is 0. The number of hydrogen-bond donors (Lipinski definition) is 2. The number of imide groups is 1. The van der Waals surface area contributed by atoms with E-state index in [1.807, 2.05) is 54.6 Å². The summed E-state index contributed by atoms with van der Waals surface area (Å²) in [6.45, 7) is 3.15. The fourth-order valence-corrected chi connectivity index (χ4v) is 2.81. The minimum absolute atomic E-state index is 0.0117. The van der Waals surface area contributed by atoms with Crippen molar-refractivity contribution in [2.45, 2.75) is 25.5 Å². The number of ether oxygens (including phenoxy) is 1. The number of aliphatic hydroxyl groups is 1. The highest BCUT2D eigenvalue weighted by atomic mass is 16.5. The Bertz CT molecular complexity index is 787. The summed E-state index contributed by atoms with van der Waals surface area (Å²) in [5.74, 6) is 0.259. The van der Waals surface area contributed by atoms with Crippen LogP contribution in [0.4, 0.5) is 4.79 Å². The van der Waals surface area contributed by atoms with Gasteiger partial charge in [-0.1, -0.05) is 42.5 Å². The predicted molar refractivity (Wildman–Crippen MR) is 97.7 cm³/mol. The van der Waals surface area contributed by atoms with Crippen molar-refractivity contribution in [2.75, 3.05) is 13.2 Å². The van der Waals surface area contributed by atoms with Gasteiger partial charge in [-0.25, -0.2) is 4.79 Å². The molecule has 2 N–H and O–H groups in total. The highest BCUT2D eigenvalue weighted by Crippen LogP contribution is 2.22. The molecule has 0 unspecified atom stereocenters. The lowest BCUT2D eigenvalue weighted by Crippen LogP contribution is -2.42. The van der Waals surface area contributed by atoms with Gasteiger partial charge in [0.25, 0.3) is 5.91 Å². The summed E-state index contributed by atoms with van der Waals surface area (Å²) in [5.41, 5.74) is 1.24. The lowest BCUT2D eigenvalue weighted by atomic mass is 10.1. The van der Waals surface area contributed by atoms with Crippen molar-refractivity contribution in [3.8, 4) is 16.9 Å². The first-order valence-electron chi connectivity index (χ1n) is 8.47. The molecule has 1 fully saturated rings. The Labute approximate surface area is 152 Å². The molecule has 1 heterocycles. The zero-order valence-electron chi connectivity index (χ0n) is 14.8. The van der Waals surface area contributed by atoms with Crippen LogP contribution in [0.5, 0.6) is 5.75 Å². The molecule has 0 spiro atoms. The molecule has 0 aliphatic carbocycles. The van der Waals surface area contributed by atoms with Crippen molar-refractivity contribution >= 4 is 11.9 Å². The number of benzene rings is 2. The number of nitrogens with one attached hydrogen (secondary N) is 1. The Morgan fingerprint density at radius 2 is 1.65 bits per heavy atom. The molecule has 0 radical (unpaired) electrons. The third kappa shape index (κ3) is 3.86. The summed E-state index contributed by atoms with van der Waals surface area (Å²) < 4.78 is 5.57. The minimum Gasteiger partial charge on any atom is -0.491 e. The number of amides is 3. The Morgan fingerprint density at radius 1 is 1.04 bits per heavy atom. The van der Waals surface area contributed by atoms with E-state index in [2.05, 4.69) is 5.32 Å². The maximum atomic E-state index is 12.1. The molecular weight excluding hydrogens is 332 g/mol. The van der Waals surface area contributed by atoms with E-state index in [0.29, 0.717) is 5.75 Å². The van der Waals surface area contributed by atoms with Crippen molar-refractivity contribution < 1.29 is 19.4 Å². The molecule has 26 heavy (non-hydrogen) atoms. The van der Waals surface area contributed by atoms with Crippen LogP contribution in [-0.4, -0.2) is 46.7 Å². The predicted octanol–water partition coefficient (Wildman–Crippen LogP) is 2.42. The standard InChI is InChI=1S/C20H22N2O4/c1-20(2)18(24)22(19(25)21-20)12-16(23)13-26-17-10-8-15(9-11-17)14-6-4-3-5-7-14/h3-11,16,23H,12-13H2,1-2H3,(H,21,25)/t16-/m1/s1.